The third-order valence-electron chi connectivity index (χ3n) is 3.03. The smallest absolute Gasteiger partial charge is 0.150 e. The molecule has 90 valence electrons. The monoisotopic (exact) mass is 255 g/mol. The van der Waals surface area contributed by atoms with E-state index in [0.717, 1.165) is 26.0 Å². The van der Waals surface area contributed by atoms with Gasteiger partial charge in [-0.2, -0.15) is 0 Å². The van der Waals surface area contributed by atoms with Crippen LogP contribution < -0.4 is 5.32 Å². The summed E-state index contributed by atoms with van der Waals surface area (Å²) in [7, 11) is -2.75. The largest absolute Gasteiger partial charge is 0.360 e. The Morgan fingerprint density at radius 2 is 2.27 bits per heavy atom. The Bertz CT molecular complexity index is 311. The SMILES string of the molecule is CC1(CC2CCS(=O)(=O)C2)NCCO1.Cl. The van der Waals surface area contributed by atoms with Crippen molar-refractivity contribution < 1.29 is 13.2 Å². The minimum absolute atomic E-state index is 0. The van der Waals surface area contributed by atoms with Gasteiger partial charge in [-0.1, -0.05) is 0 Å². The maximum absolute atomic E-state index is 11.3. The zero-order chi connectivity index (χ0) is 10.2. The highest BCUT2D eigenvalue weighted by Gasteiger charge is 2.36. The molecule has 0 aromatic carbocycles. The molecule has 2 unspecified atom stereocenters. The first-order valence-corrected chi connectivity index (χ1v) is 6.91. The van der Waals surface area contributed by atoms with Crippen LogP contribution in [0.1, 0.15) is 19.8 Å². The molecular weight excluding hydrogens is 238 g/mol. The van der Waals surface area contributed by atoms with Gasteiger partial charge in [0.2, 0.25) is 0 Å². The Hall–Kier alpha value is 0.160. The molecule has 0 saturated carbocycles. The molecule has 2 heterocycles. The van der Waals surface area contributed by atoms with E-state index in [-0.39, 0.29) is 24.0 Å². The second-order valence-electron chi connectivity index (χ2n) is 4.48. The van der Waals surface area contributed by atoms with Gasteiger partial charge in [0.25, 0.3) is 0 Å². The molecule has 0 aliphatic carbocycles. The van der Waals surface area contributed by atoms with E-state index >= 15 is 0 Å². The molecule has 2 rings (SSSR count). The molecule has 2 aliphatic rings. The van der Waals surface area contributed by atoms with E-state index in [1.165, 1.54) is 0 Å². The van der Waals surface area contributed by atoms with Gasteiger partial charge >= 0.3 is 0 Å². The van der Waals surface area contributed by atoms with Gasteiger partial charge in [-0.05, 0) is 25.7 Å². The van der Waals surface area contributed by atoms with Gasteiger partial charge in [-0.3, -0.25) is 5.32 Å². The number of nitrogens with one attached hydrogen (secondary N) is 1. The molecule has 15 heavy (non-hydrogen) atoms. The lowest BCUT2D eigenvalue weighted by atomic mass is 9.98. The molecule has 2 aliphatic heterocycles. The van der Waals surface area contributed by atoms with Gasteiger partial charge in [0.1, 0.15) is 5.72 Å². The van der Waals surface area contributed by atoms with Crippen molar-refractivity contribution in [3.8, 4) is 0 Å². The van der Waals surface area contributed by atoms with Crippen molar-refractivity contribution in [3.63, 3.8) is 0 Å². The van der Waals surface area contributed by atoms with E-state index in [4.69, 9.17) is 4.74 Å². The lowest BCUT2D eigenvalue weighted by Gasteiger charge is -2.26. The number of rotatable bonds is 2. The standard InChI is InChI=1S/C9H17NO3S.ClH/c1-9(10-3-4-13-9)6-8-2-5-14(11,12)7-8;/h8,10H,2-7H2,1H3;1H. The Balaban J connectivity index is 0.00000112. The molecule has 4 nitrogen and oxygen atoms in total. The highest BCUT2D eigenvalue weighted by Crippen LogP contribution is 2.29. The minimum Gasteiger partial charge on any atom is -0.360 e. The second kappa shape index (κ2) is 4.57. The van der Waals surface area contributed by atoms with Gasteiger partial charge in [0.05, 0.1) is 18.1 Å². The third-order valence-corrected chi connectivity index (χ3v) is 4.86. The molecule has 0 aromatic heterocycles. The minimum atomic E-state index is -2.75. The zero-order valence-corrected chi connectivity index (χ0v) is 10.5. The van der Waals surface area contributed by atoms with E-state index in [1.54, 1.807) is 0 Å². The molecule has 1 N–H and O–H groups in total. The Labute approximate surface area is 97.1 Å². The predicted molar refractivity (Wildman–Crippen MR) is 61.0 cm³/mol. The lowest BCUT2D eigenvalue weighted by molar-refractivity contribution is -0.0109. The maximum Gasteiger partial charge on any atom is 0.150 e. The van der Waals surface area contributed by atoms with E-state index in [2.05, 4.69) is 5.32 Å². The van der Waals surface area contributed by atoms with Crippen molar-refractivity contribution in [3.05, 3.63) is 0 Å². The van der Waals surface area contributed by atoms with Gasteiger partial charge < -0.3 is 4.74 Å². The molecule has 0 amide bonds. The van der Waals surface area contributed by atoms with Gasteiger partial charge in [0, 0.05) is 6.54 Å². The Morgan fingerprint density at radius 1 is 1.53 bits per heavy atom. The molecule has 0 bridgehead atoms. The maximum atomic E-state index is 11.3. The normalized spacial score (nSPS) is 38.9. The quantitative estimate of drug-likeness (QED) is 0.784. The van der Waals surface area contributed by atoms with Crippen LogP contribution >= 0.6 is 12.4 Å². The van der Waals surface area contributed by atoms with E-state index in [0.29, 0.717) is 11.5 Å². The zero-order valence-electron chi connectivity index (χ0n) is 8.86. The molecule has 0 radical (unpaired) electrons. The summed E-state index contributed by atoms with van der Waals surface area (Å²) < 4.78 is 28.1. The average molecular weight is 256 g/mol. The summed E-state index contributed by atoms with van der Waals surface area (Å²) in [6.45, 7) is 3.61. The topological polar surface area (TPSA) is 55.4 Å². The molecule has 2 atom stereocenters. The average Bonchev–Trinajstić information content (AvgIpc) is 2.59. The van der Waals surface area contributed by atoms with E-state index < -0.39 is 9.84 Å². The van der Waals surface area contributed by atoms with Crippen molar-refractivity contribution in [2.45, 2.75) is 25.5 Å². The van der Waals surface area contributed by atoms with Crippen LogP contribution in [0, 0.1) is 5.92 Å². The number of sulfone groups is 1. The van der Waals surface area contributed by atoms with E-state index in [9.17, 15) is 8.42 Å². The van der Waals surface area contributed by atoms with Crippen molar-refractivity contribution in [1.82, 2.24) is 5.32 Å². The lowest BCUT2D eigenvalue weighted by Crippen LogP contribution is -2.39. The molecular formula is C9H18ClNO3S. The molecule has 0 spiro atoms. The fourth-order valence-electron chi connectivity index (χ4n) is 2.36. The molecule has 2 saturated heterocycles. The van der Waals surface area contributed by atoms with Crippen LogP contribution in [0.3, 0.4) is 0 Å². The Kier molecular flexibility index (Phi) is 4.03. The summed E-state index contributed by atoms with van der Waals surface area (Å²) in [4.78, 5) is 0. The summed E-state index contributed by atoms with van der Waals surface area (Å²) in [6, 6.07) is 0. The summed E-state index contributed by atoms with van der Waals surface area (Å²) in [5, 5.41) is 3.27. The highest BCUT2D eigenvalue weighted by molar-refractivity contribution is 7.91. The summed E-state index contributed by atoms with van der Waals surface area (Å²) >= 11 is 0. The third kappa shape index (κ3) is 3.31. The van der Waals surface area contributed by atoms with Crippen LogP contribution in [0.4, 0.5) is 0 Å². The number of hydrogen-bond acceptors (Lipinski definition) is 4. The first kappa shape index (κ1) is 13.2. The van der Waals surface area contributed by atoms with Crippen molar-refractivity contribution in [2.24, 2.45) is 5.92 Å². The molecule has 6 heteroatoms. The number of ether oxygens (including phenoxy) is 1. The predicted octanol–water partition coefficient (Wildman–Crippen LogP) is 0.569. The summed E-state index contributed by atoms with van der Waals surface area (Å²) in [6.07, 6.45) is 1.61. The van der Waals surface area contributed by atoms with Crippen LogP contribution in [-0.2, 0) is 14.6 Å². The first-order valence-electron chi connectivity index (χ1n) is 5.09. The Morgan fingerprint density at radius 3 is 2.73 bits per heavy atom. The van der Waals surface area contributed by atoms with Crippen LogP contribution in [0.25, 0.3) is 0 Å². The number of hydrogen-bond donors (Lipinski definition) is 1. The first-order chi connectivity index (χ1) is 6.49. The number of halogens is 1. The van der Waals surface area contributed by atoms with Crippen LogP contribution in [0.2, 0.25) is 0 Å². The molecule has 2 fully saturated rings. The van der Waals surface area contributed by atoms with Crippen molar-refractivity contribution in [2.75, 3.05) is 24.7 Å². The van der Waals surface area contributed by atoms with Crippen LogP contribution in [0.15, 0.2) is 0 Å². The second-order valence-corrected chi connectivity index (χ2v) is 6.71. The fourth-order valence-corrected chi connectivity index (χ4v) is 4.22. The molecule has 0 aromatic rings. The van der Waals surface area contributed by atoms with Crippen molar-refractivity contribution in [1.29, 1.82) is 0 Å². The summed E-state index contributed by atoms with van der Waals surface area (Å²) in [5.74, 6) is 0.970. The van der Waals surface area contributed by atoms with Gasteiger partial charge in [-0.15, -0.1) is 12.4 Å². The van der Waals surface area contributed by atoms with Gasteiger partial charge in [-0.25, -0.2) is 8.42 Å². The fraction of sp³-hybridized carbons (Fsp3) is 1.00. The summed E-state index contributed by atoms with van der Waals surface area (Å²) in [5.41, 5.74) is -0.287. The van der Waals surface area contributed by atoms with Crippen LogP contribution in [0.5, 0.6) is 0 Å². The van der Waals surface area contributed by atoms with Crippen molar-refractivity contribution >= 4 is 22.2 Å². The highest BCUT2D eigenvalue weighted by atomic mass is 35.5. The van der Waals surface area contributed by atoms with Gasteiger partial charge in [0.15, 0.2) is 9.84 Å². The van der Waals surface area contributed by atoms with Crippen LogP contribution in [-0.4, -0.2) is 38.8 Å². The van der Waals surface area contributed by atoms with E-state index in [1.807, 2.05) is 6.92 Å².